The van der Waals surface area contributed by atoms with Crippen molar-refractivity contribution in [3.8, 4) is 0 Å². The van der Waals surface area contributed by atoms with E-state index in [2.05, 4.69) is 39.1 Å². The molecule has 0 saturated carbocycles. The molecule has 0 amide bonds. The minimum Gasteiger partial charge on any atom is -0.293 e. The summed E-state index contributed by atoms with van der Waals surface area (Å²) in [5, 5.41) is 0. The zero-order chi connectivity index (χ0) is 10.2. The number of hydrogen-bond donors (Lipinski definition) is 0. The summed E-state index contributed by atoms with van der Waals surface area (Å²) >= 11 is 0. The molecule has 1 heterocycles. The summed E-state index contributed by atoms with van der Waals surface area (Å²) < 4.78 is 1.14. The molecule has 0 radical (unpaired) electrons. The molecule has 0 aromatic heterocycles. The normalized spacial score (nSPS) is 19.9. The molecule has 0 unspecified atom stereocenters. The second-order valence-electron chi connectivity index (χ2n) is 4.84. The number of rotatable bonds is 1. The Morgan fingerprint density at radius 1 is 1.07 bits per heavy atom. The lowest BCUT2D eigenvalue weighted by molar-refractivity contribution is 0.404. The van der Waals surface area contributed by atoms with Crippen LogP contribution in [0.3, 0.4) is 0 Å². The Balaban J connectivity index is 2.40. The van der Waals surface area contributed by atoms with Crippen molar-refractivity contribution in [3.05, 3.63) is 29.3 Å². The van der Waals surface area contributed by atoms with Crippen LogP contribution in [-0.2, 0) is 0 Å². The first-order valence-electron chi connectivity index (χ1n) is 5.54. The van der Waals surface area contributed by atoms with E-state index in [1.807, 2.05) is 0 Å². The van der Waals surface area contributed by atoms with Gasteiger partial charge in [0.05, 0.1) is 20.1 Å². The number of aryl methyl sites for hydroxylation is 2. The van der Waals surface area contributed by atoms with E-state index in [-0.39, 0.29) is 0 Å². The van der Waals surface area contributed by atoms with E-state index in [1.54, 1.807) is 0 Å². The van der Waals surface area contributed by atoms with Gasteiger partial charge in [-0.15, -0.1) is 0 Å². The van der Waals surface area contributed by atoms with Crippen molar-refractivity contribution < 1.29 is 0 Å². The van der Waals surface area contributed by atoms with Crippen LogP contribution in [0.1, 0.15) is 24.0 Å². The van der Waals surface area contributed by atoms with Gasteiger partial charge < -0.3 is 0 Å². The molecule has 0 aliphatic carbocycles. The first-order chi connectivity index (χ1) is 6.62. The van der Waals surface area contributed by atoms with Gasteiger partial charge in [0.2, 0.25) is 0 Å². The minimum absolute atomic E-state index is 1.14. The van der Waals surface area contributed by atoms with Gasteiger partial charge in [-0.25, -0.2) is 0 Å². The van der Waals surface area contributed by atoms with Gasteiger partial charge >= 0.3 is 0 Å². The highest BCUT2D eigenvalue weighted by atomic mass is 15.3. The Bertz CT molecular complexity index is 335. The number of likely N-dealkylation sites (tertiary alicyclic amines) is 1. The first kappa shape index (κ1) is 9.72. The molecule has 1 aromatic carbocycles. The van der Waals surface area contributed by atoms with Crippen molar-refractivity contribution in [2.45, 2.75) is 26.7 Å². The fraction of sp³-hybridized carbons (Fsp3) is 0.538. The van der Waals surface area contributed by atoms with Crippen LogP contribution in [-0.4, -0.2) is 20.1 Å². The third-order valence-corrected chi connectivity index (χ3v) is 3.49. The Morgan fingerprint density at radius 3 is 2.29 bits per heavy atom. The van der Waals surface area contributed by atoms with Gasteiger partial charge in [-0.1, -0.05) is 17.7 Å². The molecular formula is C13H20N+. The van der Waals surface area contributed by atoms with Crippen LogP contribution in [0.4, 0.5) is 5.69 Å². The Morgan fingerprint density at radius 2 is 1.71 bits per heavy atom. The SMILES string of the molecule is Cc1ccc([N+]2(C)CCCC2)c(C)c1. The number of benzene rings is 1. The van der Waals surface area contributed by atoms with Crippen LogP contribution in [0.25, 0.3) is 0 Å². The molecule has 0 atom stereocenters. The smallest absolute Gasteiger partial charge is 0.135 e. The first-order valence-corrected chi connectivity index (χ1v) is 5.54. The number of hydrogen-bond acceptors (Lipinski definition) is 0. The van der Waals surface area contributed by atoms with Crippen LogP contribution < -0.4 is 4.48 Å². The third-order valence-electron chi connectivity index (χ3n) is 3.49. The molecular weight excluding hydrogens is 170 g/mol. The standard InChI is InChI=1S/C13H20N/c1-11-6-7-13(12(2)10-11)14(3)8-4-5-9-14/h6-7,10H,4-5,8-9H2,1-3H3/q+1. The van der Waals surface area contributed by atoms with Gasteiger partial charge in [0, 0.05) is 18.4 Å². The summed E-state index contributed by atoms with van der Waals surface area (Å²) in [4.78, 5) is 0. The predicted molar refractivity (Wildman–Crippen MR) is 62.6 cm³/mol. The molecule has 0 N–H and O–H groups in total. The predicted octanol–water partition coefficient (Wildman–Crippen LogP) is 3.03. The van der Waals surface area contributed by atoms with Crippen molar-refractivity contribution in [1.82, 2.24) is 4.48 Å². The summed E-state index contributed by atoms with van der Waals surface area (Å²) in [6, 6.07) is 6.86. The van der Waals surface area contributed by atoms with Crippen molar-refractivity contribution in [3.63, 3.8) is 0 Å². The lowest BCUT2D eigenvalue weighted by Gasteiger charge is -2.30. The minimum atomic E-state index is 1.14. The lowest BCUT2D eigenvalue weighted by atomic mass is 10.1. The molecule has 76 valence electrons. The average Bonchev–Trinajstić information content (AvgIpc) is 2.52. The highest BCUT2D eigenvalue weighted by Gasteiger charge is 2.30. The maximum Gasteiger partial charge on any atom is 0.135 e. The molecule has 1 heteroatoms. The monoisotopic (exact) mass is 190 g/mol. The zero-order valence-corrected chi connectivity index (χ0v) is 9.51. The second-order valence-corrected chi connectivity index (χ2v) is 4.84. The van der Waals surface area contributed by atoms with Gasteiger partial charge in [-0.05, 0) is 19.9 Å². The summed E-state index contributed by atoms with van der Waals surface area (Å²) in [5.41, 5.74) is 4.35. The summed E-state index contributed by atoms with van der Waals surface area (Å²) in [6.07, 6.45) is 2.76. The van der Waals surface area contributed by atoms with E-state index < -0.39 is 0 Å². The van der Waals surface area contributed by atoms with E-state index >= 15 is 0 Å². The topological polar surface area (TPSA) is 0 Å². The van der Waals surface area contributed by atoms with Crippen LogP contribution in [0.15, 0.2) is 18.2 Å². The fourth-order valence-corrected chi connectivity index (χ4v) is 2.69. The largest absolute Gasteiger partial charge is 0.293 e. The molecule has 1 aliphatic heterocycles. The lowest BCUT2D eigenvalue weighted by Crippen LogP contribution is -2.42. The van der Waals surface area contributed by atoms with Crippen LogP contribution in [0.2, 0.25) is 0 Å². The molecule has 1 aliphatic rings. The number of quaternary nitrogens is 1. The van der Waals surface area contributed by atoms with Gasteiger partial charge in [0.1, 0.15) is 5.69 Å². The molecule has 1 nitrogen and oxygen atoms in total. The highest BCUT2D eigenvalue weighted by molar-refractivity contribution is 5.51. The molecule has 1 aromatic rings. The van der Waals surface area contributed by atoms with Gasteiger partial charge in [0.25, 0.3) is 0 Å². The van der Waals surface area contributed by atoms with Crippen LogP contribution >= 0.6 is 0 Å². The summed E-state index contributed by atoms with van der Waals surface area (Å²) in [6.45, 7) is 7.03. The Kier molecular flexibility index (Phi) is 2.36. The Hall–Kier alpha value is -0.820. The summed E-state index contributed by atoms with van der Waals surface area (Å²) in [5.74, 6) is 0. The van der Waals surface area contributed by atoms with E-state index in [0.717, 1.165) is 4.48 Å². The van der Waals surface area contributed by atoms with E-state index in [4.69, 9.17) is 0 Å². The van der Waals surface area contributed by atoms with E-state index in [1.165, 1.54) is 42.7 Å². The number of nitrogens with zero attached hydrogens (tertiary/aromatic N) is 1. The maximum absolute atomic E-state index is 2.37. The van der Waals surface area contributed by atoms with Crippen molar-refractivity contribution in [2.75, 3.05) is 20.1 Å². The molecule has 1 saturated heterocycles. The van der Waals surface area contributed by atoms with Crippen LogP contribution in [0.5, 0.6) is 0 Å². The quantitative estimate of drug-likeness (QED) is 0.597. The van der Waals surface area contributed by atoms with E-state index in [9.17, 15) is 0 Å². The Labute approximate surface area is 86.9 Å². The fourth-order valence-electron chi connectivity index (χ4n) is 2.69. The van der Waals surface area contributed by atoms with Gasteiger partial charge in [0.15, 0.2) is 0 Å². The van der Waals surface area contributed by atoms with Crippen molar-refractivity contribution in [1.29, 1.82) is 0 Å². The van der Waals surface area contributed by atoms with Crippen molar-refractivity contribution in [2.24, 2.45) is 0 Å². The molecule has 0 bridgehead atoms. The highest BCUT2D eigenvalue weighted by Crippen LogP contribution is 2.30. The van der Waals surface area contributed by atoms with Gasteiger partial charge in [-0.3, -0.25) is 4.48 Å². The molecule has 2 rings (SSSR count). The molecule has 0 spiro atoms. The van der Waals surface area contributed by atoms with Gasteiger partial charge in [-0.2, -0.15) is 0 Å². The average molecular weight is 190 g/mol. The molecule has 1 fully saturated rings. The van der Waals surface area contributed by atoms with Crippen molar-refractivity contribution >= 4 is 5.69 Å². The van der Waals surface area contributed by atoms with Crippen LogP contribution in [0, 0.1) is 13.8 Å². The van der Waals surface area contributed by atoms with E-state index in [0.29, 0.717) is 0 Å². The third kappa shape index (κ3) is 1.57. The zero-order valence-electron chi connectivity index (χ0n) is 9.51. The molecule has 14 heavy (non-hydrogen) atoms. The second kappa shape index (κ2) is 3.39. The summed E-state index contributed by atoms with van der Waals surface area (Å²) in [7, 11) is 2.37. The maximum atomic E-state index is 2.37.